The van der Waals surface area contributed by atoms with Gasteiger partial charge in [0, 0.05) is 6.07 Å². The maximum atomic E-state index is 12.1. The first-order chi connectivity index (χ1) is 10.4. The predicted molar refractivity (Wildman–Crippen MR) is 83.6 cm³/mol. The first-order valence-electron chi connectivity index (χ1n) is 6.86. The zero-order chi connectivity index (χ0) is 16.6. The highest BCUT2D eigenvalue weighted by atomic mass is 31.2. The van der Waals surface area contributed by atoms with Crippen LogP contribution in [0, 0.1) is 10.1 Å². The molecular weight excluding hydrogens is 309 g/mol. The second-order valence-corrected chi connectivity index (χ2v) is 6.03. The topological polar surface area (TPSA) is 87.9 Å². The number of para-hydroxylation sites is 1. The fourth-order valence-electron chi connectivity index (χ4n) is 1.69. The zero-order valence-electron chi connectivity index (χ0n) is 12.9. The number of nitro benzene ring substituents is 1. The molecular formula is C14H20NO6P. The lowest BCUT2D eigenvalue weighted by Gasteiger charge is -2.16. The molecule has 0 spiro atoms. The molecule has 0 fully saturated rings. The van der Waals surface area contributed by atoms with E-state index < -0.39 is 12.7 Å². The van der Waals surface area contributed by atoms with Gasteiger partial charge in [-0.25, -0.2) is 4.57 Å². The Morgan fingerprint density at radius 1 is 1.23 bits per heavy atom. The summed E-state index contributed by atoms with van der Waals surface area (Å²) < 4.78 is 27.4. The molecule has 0 heterocycles. The van der Waals surface area contributed by atoms with Crippen LogP contribution in [-0.4, -0.2) is 24.7 Å². The molecule has 0 saturated heterocycles. The van der Waals surface area contributed by atoms with Crippen molar-refractivity contribution in [3.05, 3.63) is 45.5 Å². The molecule has 0 N–H and O–H groups in total. The summed E-state index contributed by atoms with van der Waals surface area (Å²) >= 11 is 0. The van der Waals surface area contributed by atoms with E-state index in [1.807, 2.05) is 0 Å². The van der Waals surface area contributed by atoms with Crippen molar-refractivity contribution in [1.29, 1.82) is 0 Å². The van der Waals surface area contributed by atoms with Gasteiger partial charge < -0.3 is 0 Å². The maximum Gasteiger partial charge on any atom is 0.475 e. The van der Waals surface area contributed by atoms with Gasteiger partial charge in [0.2, 0.25) is 0 Å². The van der Waals surface area contributed by atoms with Crippen LogP contribution in [-0.2, 0) is 18.1 Å². The van der Waals surface area contributed by atoms with Crippen molar-refractivity contribution in [2.45, 2.75) is 20.8 Å². The predicted octanol–water partition coefficient (Wildman–Crippen LogP) is 4.20. The largest absolute Gasteiger partial charge is 0.475 e. The average Bonchev–Trinajstić information content (AvgIpc) is 2.46. The van der Waals surface area contributed by atoms with E-state index >= 15 is 0 Å². The molecule has 0 bridgehead atoms. The molecule has 7 nitrogen and oxygen atoms in total. The number of hydrogen-bond acceptors (Lipinski definition) is 6. The smallest absolute Gasteiger partial charge is 0.287 e. The summed E-state index contributed by atoms with van der Waals surface area (Å²) in [4.78, 5) is 10.5. The molecule has 0 aliphatic carbocycles. The second-order valence-electron chi connectivity index (χ2n) is 4.36. The summed E-state index contributed by atoms with van der Waals surface area (Å²) in [7, 11) is -3.58. The molecule has 0 atom stereocenters. The SMILES string of the molecule is CCOP(=O)(OCC)OC/C(C)=C/c1ccccc1[N+](=O)[O-]. The van der Waals surface area contributed by atoms with Gasteiger partial charge in [-0.05, 0) is 38.5 Å². The summed E-state index contributed by atoms with van der Waals surface area (Å²) in [6.45, 7) is 5.48. The monoisotopic (exact) mass is 329 g/mol. The van der Waals surface area contributed by atoms with Crippen LogP contribution >= 0.6 is 7.82 Å². The third kappa shape index (κ3) is 5.69. The number of benzene rings is 1. The molecule has 0 unspecified atom stereocenters. The van der Waals surface area contributed by atoms with Gasteiger partial charge in [-0.15, -0.1) is 0 Å². The Morgan fingerprint density at radius 3 is 2.36 bits per heavy atom. The molecule has 1 rings (SSSR count). The van der Waals surface area contributed by atoms with Gasteiger partial charge in [-0.3, -0.25) is 23.7 Å². The molecule has 0 aliphatic heterocycles. The van der Waals surface area contributed by atoms with Crippen molar-refractivity contribution in [3.8, 4) is 0 Å². The van der Waals surface area contributed by atoms with E-state index in [9.17, 15) is 14.7 Å². The van der Waals surface area contributed by atoms with Crippen LogP contribution in [0.3, 0.4) is 0 Å². The van der Waals surface area contributed by atoms with Gasteiger partial charge in [0.15, 0.2) is 0 Å². The Labute approximate surface area is 129 Å². The quantitative estimate of drug-likeness (QED) is 0.383. The van der Waals surface area contributed by atoms with Crippen LogP contribution in [0.2, 0.25) is 0 Å². The number of phosphoric ester groups is 1. The Kier molecular flexibility index (Phi) is 7.41. The molecule has 0 aliphatic rings. The van der Waals surface area contributed by atoms with Crippen LogP contribution in [0.15, 0.2) is 29.8 Å². The van der Waals surface area contributed by atoms with Gasteiger partial charge in [0.05, 0.1) is 30.3 Å². The van der Waals surface area contributed by atoms with Gasteiger partial charge in [-0.1, -0.05) is 12.1 Å². The van der Waals surface area contributed by atoms with Crippen molar-refractivity contribution < 1.29 is 23.1 Å². The second kappa shape index (κ2) is 8.80. The summed E-state index contributed by atoms with van der Waals surface area (Å²) in [5, 5.41) is 11.0. The van der Waals surface area contributed by atoms with Crippen molar-refractivity contribution in [2.75, 3.05) is 19.8 Å². The Balaban J connectivity index is 2.82. The molecule has 8 heteroatoms. The number of hydrogen-bond donors (Lipinski definition) is 0. The molecule has 0 radical (unpaired) electrons. The van der Waals surface area contributed by atoms with Crippen LogP contribution in [0.4, 0.5) is 5.69 Å². The summed E-state index contributed by atoms with van der Waals surface area (Å²) in [6, 6.07) is 6.36. The molecule has 0 amide bonds. The van der Waals surface area contributed by atoms with Gasteiger partial charge >= 0.3 is 7.82 Å². The maximum absolute atomic E-state index is 12.1. The van der Waals surface area contributed by atoms with Crippen LogP contribution in [0.1, 0.15) is 26.3 Å². The third-order valence-corrected chi connectivity index (χ3v) is 4.15. The van der Waals surface area contributed by atoms with E-state index in [0.29, 0.717) is 11.1 Å². The van der Waals surface area contributed by atoms with Crippen molar-refractivity contribution in [3.63, 3.8) is 0 Å². The van der Waals surface area contributed by atoms with Gasteiger partial charge in [0.1, 0.15) is 0 Å². The normalized spacial score (nSPS) is 12.4. The molecule has 0 saturated carbocycles. The van der Waals surface area contributed by atoms with E-state index in [-0.39, 0.29) is 25.5 Å². The van der Waals surface area contributed by atoms with E-state index in [1.54, 1.807) is 45.0 Å². The Hall–Kier alpha value is -1.53. The lowest BCUT2D eigenvalue weighted by atomic mass is 10.1. The van der Waals surface area contributed by atoms with Crippen molar-refractivity contribution in [1.82, 2.24) is 0 Å². The molecule has 0 aromatic heterocycles. The number of phosphoric acid groups is 1. The molecule has 122 valence electrons. The number of nitrogens with zero attached hydrogens (tertiary/aromatic N) is 1. The first-order valence-corrected chi connectivity index (χ1v) is 8.32. The Bertz CT molecular complexity index is 576. The minimum Gasteiger partial charge on any atom is -0.287 e. The molecule has 1 aromatic rings. The van der Waals surface area contributed by atoms with E-state index in [4.69, 9.17) is 13.6 Å². The summed E-state index contributed by atoms with van der Waals surface area (Å²) in [6.07, 6.45) is 1.61. The van der Waals surface area contributed by atoms with Gasteiger partial charge in [-0.2, -0.15) is 0 Å². The summed E-state index contributed by atoms with van der Waals surface area (Å²) in [5.41, 5.74) is 1.12. The molecule has 1 aromatic carbocycles. The zero-order valence-corrected chi connectivity index (χ0v) is 13.7. The first kappa shape index (κ1) is 18.5. The van der Waals surface area contributed by atoms with Crippen LogP contribution < -0.4 is 0 Å². The highest BCUT2D eigenvalue weighted by molar-refractivity contribution is 7.48. The lowest BCUT2D eigenvalue weighted by Crippen LogP contribution is -2.02. The Morgan fingerprint density at radius 2 is 1.82 bits per heavy atom. The van der Waals surface area contributed by atoms with E-state index in [2.05, 4.69) is 0 Å². The number of nitro groups is 1. The average molecular weight is 329 g/mol. The van der Waals surface area contributed by atoms with Crippen molar-refractivity contribution in [2.24, 2.45) is 0 Å². The van der Waals surface area contributed by atoms with E-state index in [1.165, 1.54) is 6.07 Å². The molecule has 22 heavy (non-hydrogen) atoms. The number of rotatable bonds is 9. The summed E-state index contributed by atoms with van der Waals surface area (Å²) in [5.74, 6) is 0. The van der Waals surface area contributed by atoms with E-state index in [0.717, 1.165) is 0 Å². The third-order valence-electron chi connectivity index (χ3n) is 2.56. The minimum atomic E-state index is -3.58. The highest BCUT2D eigenvalue weighted by Gasteiger charge is 2.25. The van der Waals surface area contributed by atoms with Crippen LogP contribution in [0.5, 0.6) is 0 Å². The minimum absolute atomic E-state index is 0.000325. The van der Waals surface area contributed by atoms with Crippen molar-refractivity contribution >= 4 is 19.6 Å². The standard InChI is InChI=1S/C14H20NO6P/c1-4-19-22(18,20-5-2)21-11-12(3)10-13-8-6-7-9-14(13)15(16)17/h6-10H,4-5,11H2,1-3H3/b12-10+. The van der Waals surface area contributed by atoms with Gasteiger partial charge in [0.25, 0.3) is 5.69 Å². The fraction of sp³-hybridized carbons (Fsp3) is 0.429. The van der Waals surface area contributed by atoms with Crippen LogP contribution in [0.25, 0.3) is 6.08 Å². The fourth-order valence-corrected chi connectivity index (χ4v) is 2.91. The lowest BCUT2D eigenvalue weighted by molar-refractivity contribution is -0.385. The highest BCUT2D eigenvalue weighted by Crippen LogP contribution is 2.49.